The molecule has 2 saturated heterocycles. The smallest absolute Gasteiger partial charge is 0.159 e. The number of rotatable bonds is 1. The summed E-state index contributed by atoms with van der Waals surface area (Å²) >= 11 is 3.28. The van der Waals surface area contributed by atoms with Crippen molar-refractivity contribution in [2.45, 2.75) is 32.6 Å². The third kappa shape index (κ3) is 8.46. The van der Waals surface area contributed by atoms with Crippen LogP contribution < -0.4 is 0 Å². The number of hydrogen-bond donors (Lipinski definition) is 0. The first-order valence-electron chi connectivity index (χ1n) is 7.12. The Kier molecular flexibility index (Phi) is 9.54. The molecule has 112 valence electrons. The van der Waals surface area contributed by atoms with Gasteiger partial charge in [0.05, 0.1) is 0 Å². The Morgan fingerprint density at radius 1 is 0.900 bits per heavy atom. The molecule has 0 spiro atoms. The first-order valence-corrected chi connectivity index (χ1v) is 7.91. The van der Waals surface area contributed by atoms with Gasteiger partial charge in [0, 0.05) is 36.5 Å². The van der Waals surface area contributed by atoms with Gasteiger partial charge in [-0.05, 0) is 44.7 Å². The molecular formula is C16H23BrO3. The summed E-state index contributed by atoms with van der Waals surface area (Å²) in [5, 5.41) is 0. The molecule has 4 heteroatoms. The van der Waals surface area contributed by atoms with E-state index in [4.69, 9.17) is 9.47 Å². The maximum absolute atomic E-state index is 10.7. The van der Waals surface area contributed by atoms with Crippen LogP contribution in [0.5, 0.6) is 0 Å². The van der Waals surface area contributed by atoms with E-state index in [0.29, 0.717) is 0 Å². The fourth-order valence-electron chi connectivity index (χ4n) is 1.71. The van der Waals surface area contributed by atoms with Crippen LogP contribution in [0.25, 0.3) is 0 Å². The Morgan fingerprint density at radius 3 is 1.55 bits per heavy atom. The Hall–Kier alpha value is -0.710. The van der Waals surface area contributed by atoms with Crippen LogP contribution in [0.1, 0.15) is 43.0 Å². The molecule has 1 aromatic rings. The standard InChI is InChI=1S/C8H7BrO.2C4H8O/c1-6(10)7-2-4-8(9)5-3-7;2*1-2-4-5-3-1/h2-5H,1H3;2*1-4H2. The van der Waals surface area contributed by atoms with Crippen molar-refractivity contribution < 1.29 is 14.3 Å². The van der Waals surface area contributed by atoms with E-state index in [-0.39, 0.29) is 5.78 Å². The second kappa shape index (κ2) is 11.0. The molecule has 0 unspecified atom stereocenters. The molecule has 1 aromatic carbocycles. The summed E-state index contributed by atoms with van der Waals surface area (Å²) in [6.45, 7) is 5.56. The fraction of sp³-hybridized carbons (Fsp3) is 0.562. The number of ether oxygens (including phenoxy) is 2. The van der Waals surface area contributed by atoms with Crippen LogP contribution in [0.4, 0.5) is 0 Å². The Bertz CT molecular complexity index is 343. The lowest BCUT2D eigenvalue weighted by Crippen LogP contribution is -1.89. The number of benzene rings is 1. The van der Waals surface area contributed by atoms with E-state index in [1.807, 2.05) is 12.1 Å². The van der Waals surface area contributed by atoms with Crippen LogP contribution in [0.15, 0.2) is 28.7 Å². The van der Waals surface area contributed by atoms with E-state index in [2.05, 4.69) is 15.9 Å². The molecule has 2 fully saturated rings. The first-order chi connectivity index (χ1) is 9.70. The minimum Gasteiger partial charge on any atom is -0.381 e. The van der Waals surface area contributed by atoms with E-state index in [1.54, 1.807) is 19.1 Å². The van der Waals surface area contributed by atoms with Gasteiger partial charge in [-0.1, -0.05) is 28.1 Å². The monoisotopic (exact) mass is 342 g/mol. The van der Waals surface area contributed by atoms with Crippen molar-refractivity contribution in [3.63, 3.8) is 0 Å². The van der Waals surface area contributed by atoms with E-state index >= 15 is 0 Å². The zero-order chi connectivity index (χ0) is 14.6. The Morgan fingerprint density at radius 2 is 1.30 bits per heavy atom. The van der Waals surface area contributed by atoms with Crippen molar-refractivity contribution in [3.05, 3.63) is 34.3 Å². The van der Waals surface area contributed by atoms with Crippen molar-refractivity contribution in [1.29, 1.82) is 0 Å². The van der Waals surface area contributed by atoms with E-state index in [0.717, 1.165) is 36.5 Å². The lowest BCUT2D eigenvalue weighted by Gasteiger charge is -1.92. The zero-order valence-electron chi connectivity index (χ0n) is 12.1. The second-order valence-electron chi connectivity index (χ2n) is 4.70. The van der Waals surface area contributed by atoms with Crippen LogP contribution in [-0.2, 0) is 9.47 Å². The lowest BCUT2D eigenvalue weighted by atomic mass is 10.2. The largest absolute Gasteiger partial charge is 0.381 e. The van der Waals surface area contributed by atoms with Crippen molar-refractivity contribution in [2.24, 2.45) is 0 Å². The topological polar surface area (TPSA) is 35.5 Å². The number of carbonyl (C=O) groups is 1. The molecule has 20 heavy (non-hydrogen) atoms. The first kappa shape index (κ1) is 17.3. The molecule has 2 heterocycles. The summed E-state index contributed by atoms with van der Waals surface area (Å²) in [4.78, 5) is 10.7. The number of Topliss-reactive ketones (excluding diaryl/α,β-unsaturated/α-hetero) is 1. The average molecular weight is 343 g/mol. The van der Waals surface area contributed by atoms with E-state index in [9.17, 15) is 4.79 Å². The maximum atomic E-state index is 10.7. The molecule has 2 aliphatic rings. The van der Waals surface area contributed by atoms with Crippen LogP contribution in [0.2, 0.25) is 0 Å². The van der Waals surface area contributed by atoms with Gasteiger partial charge in [-0.25, -0.2) is 0 Å². The van der Waals surface area contributed by atoms with Gasteiger partial charge in [0.1, 0.15) is 0 Å². The molecule has 0 aliphatic carbocycles. The summed E-state index contributed by atoms with van der Waals surface area (Å²) in [5.74, 6) is 0.104. The van der Waals surface area contributed by atoms with Crippen LogP contribution >= 0.6 is 15.9 Å². The molecule has 3 nitrogen and oxygen atoms in total. The highest BCUT2D eigenvalue weighted by atomic mass is 79.9. The predicted molar refractivity (Wildman–Crippen MR) is 84.3 cm³/mol. The Balaban J connectivity index is 0.000000167. The average Bonchev–Trinajstić information content (AvgIpc) is 3.18. The highest BCUT2D eigenvalue weighted by Gasteiger charge is 1.96. The molecule has 0 atom stereocenters. The highest BCUT2D eigenvalue weighted by molar-refractivity contribution is 9.10. The minimum absolute atomic E-state index is 0.104. The summed E-state index contributed by atoms with van der Waals surface area (Å²) < 4.78 is 10.9. The van der Waals surface area contributed by atoms with Crippen molar-refractivity contribution >= 4 is 21.7 Å². The SMILES string of the molecule is C1CCOC1.C1CCOC1.CC(=O)c1ccc(Br)cc1. The fourth-order valence-corrected chi connectivity index (χ4v) is 1.97. The second-order valence-corrected chi connectivity index (χ2v) is 5.62. The van der Waals surface area contributed by atoms with Gasteiger partial charge >= 0.3 is 0 Å². The highest BCUT2D eigenvalue weighted by Crippen LogP contribution is 2.10. The molecular weight excluding hydrogens is 320 g/mol. The number of halogens is 1. The minimum atomic E-state index is 0.104. The van der Waals surface area contributed by atoms with Gasteiger partial charge in [0.2, 0.25) is 0 Å². The van der Waals surface area contributed by atoms with Crippen molar-refractivity contribution in [3.8, 4) is 0 Å². The molecule has 3 rings (SSSR count). The summed E-state index contributed by atoms with van der Waals surface area (Å²) in [6.07, 6.45) is 5.11. The van der Waals surface area contributed by atoms with E-state index < -0.39 is 0 Å². The van der Waals surface area contributed by atoms with Crippen molar-refractivity contribution in [1.82, 2.24) is 0 Å². The molecule has 0 bridgehead atoms. The number of carbonyl (C=O) groups excluding carboxylic acids is 1. The van der Waals surface area contributed by atoms with Gasteiger partial charge in [-0.2, -0.15) is 0 Å². The van der Waals surface area contributed by atoms with Gasteiger partial charge in [0.25, 0.3) is 0 Å². The maximum Gasteiger partial charge on any atom is 0.159 e. The summed E-state index contributed by atoms with van der Waals surface area (Å²) in [7, 11) is 0. The molecule has 0 amide bonds. The van der Waals surface area contributed by atoms with E-state index in [1.165, 1.54) is 25.7 Å². The molecule has 0 saturated carbocycles. The predicted octanol–water partition coefficient (Wildman–Crippen LogP) is 4.25. The molecule has 2 aliphatic heterocycles. The van der Waals surface area contributed by atoms with Crippen molar-refractivity contribution in [2.75, 3.05) is 26.4 Å². The summed E-state index contributed by atoms with van der Waals surface area (Å²) in [5.41, 5.74) is 0.753. The zero-order valence-corrected chi connectivity index (χ0v) is 13.7. The number of hydrogen-bond acceptors (Lipinski definition) is 3. The van der Waals surface area contributed by atoms with Gasteiger partial charge in [0.15, 0.2) is 5.78 Å². The Labute approximate surface area is 129 Å². The van der Waals surface area contributed by atoms with Crippen LogP contribution in [-0.4, -0.2) is 32.2 Å². The third-order valence-corrected chi connectivity index (χ3v) is 3.43. The third-order valence-electron chi connectivity index (χ3n) is 2.91. The number of ketones is 1. The van der Waals surface area contributed by atoms with Crippen LogP contribution in [0.3, 0.4) is 0 Å². The normalized spacial score (nSPS) is 16.7. The molecule has 0 radical (unpaired) electrons. The molecule has 0 N–H and O–H groups in total. The molecule has 0 aromatic heterocycles. The van der Waals surface area contributed by atoms with Crippen LogP contribution in [0, 0.1) is 0 Å². The summed E-state index contributed by atoms with van der Waals surface area (Å²) in [6, 6.07) is 7.31. The lowest BCUT2D eigenvalue weighted by molar-refractivity contribution is 0.101. The van der Waals surface area contributed by atoms with Gasteiger partial charge < -0.3 is 9.47 Å². The van der Waals surface area contributed by atoms with Gasteiger partial charge in [-0.15, -0.1) is 0 Å². The van der Waals surface area contributed by atoms with Gasteiger partial charge in [-0.3, -0.25) is 4.79 Å². The quantitative estimate of drug-likeness (QED) is 0.716.